The van der Waals surface area contributed by atoms with Gasteiger partial charge in [-0.2, -0.15) is 13.2 Å². The molecule has 1 atom stereocenters. The van der Waals surface area contributed by atoms with Gasteiger partial charge in [0.2, 0.25) is 0 Å². The van der Waals surface area contributed by atoms with E-state index < -0.39 is 23.7 Å². The van der Waals surface area contributed by atoms with E-state index in [2.05, 4.69) is 4.74 Å². The fraction of sp³-hybridized carbons (Fsp3) is 0.333. The number of benzene rings is 1. The van der Waals surface area contributed by atoms with Crippen molar-refractivity contribution in [3.63, 3.8) is 0 Å². The van der Waals surface area contributed by atoms with Crippen molar-refractivity contribution in [3.8, 4) is 5.75 Å². The first-order valence-corrected chi connectivity index (χ1v) is 3.94. The summed E-state index contributed by atoms with van der Waals surface area (Å²) in [6.07, 6.45) is -7.70. The molecule has 0 amide bonds. The third-order valence-corrected chi connectivity index (χ3v) is 1.81. The molecule has 0 aromatic heterocycles. The van der Waals surface area contributed by atoms with Crippen LogP contribution in [0.1, 0.15) is 11.7 Å². The highest BCUT2D eigenvalue weighted by Crippen LogP contribution is 2.34. The van der Waals surface area contributed by atoms with Crippen molar-refractivity contribution in [3.05, 3.63) is 29.6 Å². The smallest absolute Gasteiger partial charge is 0.418 e. The summed E-state index contributed by atoms with van der Waals surface area (Å²) in [6, 6.07) is 2.77. The molecular weight excluding hydrogens is 216 g/mol. The van der Waals surface area contributed by atoms with E-state index >= 15 is 0 Å². The van der Waals surface area contributed by atoms with Crippen LogP contribution in [0.25, 0.3) is 0 Å². The number of aliphatic hydroxyl groups excluding tert-OH is 1. The largest absolute Gasteiger partial charge is 0.497 e. The summed E-state index contributed by atoms with van der Waals surface area (Å²) in [6.45, 7) is 0. The number of alkyl halides is 3. The molecule has 1 aromatic carbocycles. The molecular formula is C9H8F4O2. The van der Waals surface area contributed by atoms with E-state index in [0.717, 1.165) is 18.2 Å². The number of hydrogen-bond donors (Lipinski definition) is 1. The van der Waals surface area contributed by atoms with Crippen LogP contribution in [-0.4, -0.2) is 18.4 Å². The van der Waals surface area contributed by atoms with Crippen LogP contribution in [-0.2, 0) is 0 Å². The zero-order valence-corrected chi connectivity index (χ0v) is 7.68. The Kier molecular flexibility index (Phi) is 3.18. The van der Waals surface area contributed by atoms with E-state index in [-0.39, 0.29) is 5.75 Å². The van der Waals surface area contributed by atoms with E-state index in [0.29, 0.717) is 0 Å². The predicted molar refractivity (Wildman–Crippen MR) is 44.0 cm³/mol. The minimum Gasteiger partial charge on any atom is -0.497 e. The molecule has 0 aliphatic carbocycles. The first-order chi connectivity index (χ1) is 6.86. The summed E-state index contributed by atoms with van der Waals surface area (Å²) in [5.41, 5.74) is -0.816. The lowest BCUT2D eigenvalue weighted by Gasteiger charge is -2.15. The fourth-order valence-electron chi connectivity index (χ4n) is 1.03. The van der Waals surface area contributed by atoms with E-state index in [4.69, 9.17) is 5.11 Å². The van der Waals surface area contributed by atoms with Gasteiger partial charge in [0.05, 0.1) is 7.11 Å². The molecule has 0 saturated carbocycles. The minimum atomic E-state index is -4.88. The lowest BCUT2D eigenvalue weighted by atomic mass is 10.1. The second-order valence-electron chi connectivity index (χ2n) is 2.83. The maximum absolute atomic E-state index is 13.1. The summed E-state index contributed by atoms with van der Waals surface area (Å²) in [5, 5.41) is 8.80. The highest BCUT2D eigenvalue weighted by atomic mass is 19.4. The van der Waals surface area contributed by atoms with Gasteiger partial charge in [0.25, 0.3) is 0 Å². The van der Waals surface area contributed by atoms with Gasteiger partial charge < -0.3 is 9.84 Å². The van der Waals surface area contributed by atoms with Crippen LogP contribution in [0.2, 0.25) is 0 Å². The van der Waals surface area contributed by atoms with Crippen molar-refractivity contribution in [2.45, 2.75) is 12.3 Å². The molecule has 2 nitrogen and oxygen atoms in total. The van der Waals surface area contributed by atoms with Gasteiger partial charge in [-0.25, -0.2) is 4.39 Å². The van der Waals surface area contributed by atoms with Crippen LogP contribution in [0.4, 0.5) is 17.6 Å². The van der Waals surface area contributed by atoms with Gasteiger partial charge in [-0.15, -0.1) is 0 Å². The Morgan fingerprint density at radius 1 is 1.33 bits per heavy atom. The summed E-state index contributed by atoms with van der Waals surface area (Å²) >= 11 is 0. The van der Waals surface area contributed by atoms with E-state index in [1.54, 1.807) is 0 Å². The molecule has 0 heterocycles. The lowest BCUT2D eigenvalue weighted by Crippen LogP contribution is -2.21. The Hall–Kier alpha value is -1.30. The Bertz CT molecular complexity index is 348. The molecule has 1 N–H and O–H groups in total. The van der Waals surface area contributed by atoms with Gasteiger partial charge in [-0.1, -0.05) is 0 Å². The Balaban J connectivity index is 3.06. The molecule has 0 bridgehead atoms. The average Bonchev–Trinajstić information content (AvgIpc) is 2.15. The fourth-order valence-corrected chi connectivity index (χ4v) is 1.03. The molecule has 0 radical (unpaired) electrons. The molecule has 0 saturated heterocycles. The summed E-state index contributed by atoms with van der Waals surface area (Å²) < 4.78 is 53.8. The molecule has 1 rings (SSSR count). The highest BCUT2D eigenvalue weighted by molar-refractivity contribution is 5.30. The second kappa shape index (κ2) is 4.06. The molecule has 1 unspecified atom stereocenters. The van der Waals surface area contributed by atoms with Crippen molar-refractivity contribution >= 4 is 0 Å². The monoisotopic (exact) mass is 224 g/mol. The van der Waals surface area contributed by atoms with Crippen LogP contribution < -0.4 is 4.74 Å². The van der Waals surface area contributed by atoms with Gasteiger partial charge in [0.1, 0.15) is 11.6 Å². The normalized spacial score (nSPS) is 13.7. The molecule has 0 fully saturated rings. The van der Waals surface area contributed by atoms with Gasteiger partial charge in [-0.05, 0) is 12.1 Å². The SMILES string of the molecule is COc1ccc(C(O)C(F)(F)F)c(F)c1. The molecule has 6 heteroatoms. The van der Waals surface area contributed by atoms with Crippen LogP contribution in [0.15, 0.2) is 18.2 Å². The Labute approximate surface area is 83.1 Å². The van der Waals surface area contributed by atoms with E-state index in [9.17, 15) is 17.6 Å². The van der Waals surface area contributed by atoms with Gasteiger partial charge in [0.15, 0.2) is 6.10 Å². The van der Waals surface area contributed by atoms with Crippen molar-refractivity contribution in [2.24, 2.45) is 0 Å². The maximum Gasteiger partial charge on any atom is 0.418 e. The maximum atomic E-state index is 13.1. The number of ether oxygens (including phenoxy) is 1. The van der Waals surface area contributed by atoms with Crippen molar-refractivity contribution in [2.75, 3.05) is 7.11 Å². The lowest BCUT2D eigenvalue weighted by molar-refractivity contribution is -0.207. The topological polar surface area (TPSA) is 29.5 Å². The summed E-state index contributed by atoms with van der Waals surface area (Å²) in [4.78, 5) is 0. The molecule has 1 aromatic rings. The summed E-state index contributed by atoms with van der Waals surface area (Å²) in [5.74, 6) is -1.07. The predicted octanol–water partition coefficient (Wildman–Crippen LogP) is 2.43. The van der Waals surface area contributed by atoms with Crippen LogP contribution in [0, 0.1) is 5.82 Å². The zero-order chi connectivity index (χ0) is 11.6. The number of methoxy groups -OCH3 is 1. The van der Waals surface area contributed by atoms with Crippen LogP contribution >= 0.6 is 0 Å². The third kappa shape index (κ3) is 2.59. The Morgan fingerprint density at radius 3 is 2.33 bits per heavy atom. The number of halogens is 4. The average molecular weight is 224 g/mol. The second-order valence-corrected chi connectivity index (χ2v) is 2.83. The van der Waals surface area contributed by atoms with Gasteiger partial charge in [-0.3, -0.25) is 0 Å². The standard InChI is InChI=1S/C9H8F4O2/c1-15-5-2-3-6(7(10)4-5)8(14)9(11,12)13/h2-4,8,14H,1H3. The molecule has 0 aliphatic heterocycles. The highest BCUT2D eigenvalue weighted by Gasteiger charge is 2.40. The van der Waals surface area contributed by atoms with Crippen LogP contribution in [0.5, 0.6) is 5.75 Å². The van der Waals surface area contributed by atoms with Crippen molar-refractivity contribution in [1.82, 2.24) is 0 Å². The first kappa shape index (κ1) is 11.8. The molecule has 84 valence electrons. The zero-order valence-electron chi connectivity index (χ0n) is 7.68. The minimum absolute atomic E-state index is 0.0885. The quantitative estimate of drug-likeness (QED) is 0.782. The van der Waals surface area contributed by atoms with E-state index in [1.165, 1.54) is 7.11 Å². The van der Waals surface area contributed by atoms with Gasteiger partial charge in [0, 0.05) is 11.6 Å². The summed E-state index contributed by atoms with van der Waals surface area (Å²) in [7, 11) is 1.26. The molecule has 0 spiro atoms. The number of aliphatic hydroxyl groups is 1. The molecule has 15 heavy (non-hydrogen) atoms. The molecule has 0 aliphatic rings. The van der Waals surface area contributed by atoms with Crippen LogP contribution in [0.3, 0.4) is 0 Å². The van der Waals surface area contributed by atoms with Crippen molar-refractivity contribution in [1.29, 1.82) is 0 Å². The number of rotatable bonds is 2. The van der Waals surface area contributed by atoms with Crippen molar-refractivity contribution < 1.29 is 27.4 Å². The third-order valence-electron chi connectivity index (χ3n) is 1.81. The Morgan fingerprint density at radius 2 is 1.93 bits per heavy atom. The van der Waals surface area contributed by atoms with E-state index in [1.807, 2.05) is 0 Å². The number of hydrogen-bond acceptors (Lipinski definition) is 2. The van der Waals surface area contributed by atoms with Gasteiger partial charge >= 0.3 is 6.18 Å². The first-order valence-electron chi connectivity index (χ1n) is 3.94.